The monoisotopic (exact) mass is 394 g/mol. The molecule has 0 saturated heterocycles. The van der Waals surface area contributed by atoms with Gasteiger partial charge in [-0.25, -0.2) is 0 Å². The van der Waals surface area contributed by atoms with E-state index in [1.807, 2.05) is 0 Å². The Morgan fingerprint density at radius 2 is 1.06 bits per heavy atom. The van der Waals surface area contributed by atoms with E-state index in [4.69, 9.17) is 0 Å². The van der Waals surface area contributed by atoms with E-state index in [2.05, 4.69) is 122 Å². The lowest BCUT2D eigenvalue weighted by Crippen LogP contribution is -1.90. The van der Waals surface area contributed by atoms with Crippen LogP contribution < -0.4 is 0 Å². The first-order valence-corrected chi connectivity index (χ1v) is 10.8. The quantitative estimate of drug-likeness (QED) is 0.257. The molecule has 0 spiro atoms. The Morgan fingerprint density at radius 3 is 1.90 bits per heavy atom. The number of fused-ring (bicyclic) bond motifs is 3. The molecule has 0 amide bonds. The molecule has 0 bridgehead atoms. The molecule has 0 N–H and O–H groups in total. The van der Waals surface area contributed by atoms with Crippen molar-refractivity contribution in [2.45, 2.75) is 6.92 Å². The van der Waals surface area contributed by atoms with Crippen LogP contribution in [0.1, 0.15) is 5.56 Å². The zero-order valence-corrected chi connectivity index (χ0v) is 17.5. The summed E-state index contributed by atoms with van der Waals surface area (Å²) >= 11 is 0. The molecule has 0 nitrogen and oxygen atoms in total. The maximum absolute atomic E-state index is 2.39. The molecule has 0 heterocycles. The minimum atomic E-state index is 1.26. The molecule has 0 radical (unpaired) electrons. The van der Waals surface area contributed by atoms with Gasteiger partial charge in [-0.15, -0.1) is 0 Å². The molecule has 31 heavy (non-hydrogen) atoms. The van der Waals surface area contributed by atoms with Crippen molar-refractivity contribution in [3.63, 3.8) is 0 Å². The molecule has 146 valence electrons. The summed E-state index contributed by atoms with van der Waals surface area (Å²) in [5.74, 6) is 0. The molecule has 0 fully saturated rings. The van der Waals surface area contributed by atoms with Crippen LogP contribution in [-0.2, 0) is 0 Å². The highest BCUT2D eigenvalue weighted by Crippen LogP contribution is 2.41. The Balaban J connectivity index is 1.74. The molecule has 0 aliphatic heterocycles. The third-order valence-corrected chi connectivity index (χ3v) is 6.46. The van der Waals surface area contributed by atoms with E-state index in [9.17, 15) is 0 Å². The van der Waals surface area contributed by atoms with Gasteiger partial charge in [0, 0.05) is 0 Å². The summed E-state index contributed by atoms with van der Waals surface area (Å²) in [7, 11) is 0. The predicted molar refractivity (Wildman–Crippen MR) is 135 cm³/mol. The highest BCUT2D eigenvalue weighted by molar-refractivity contribution is 6.16. The number of benzene rings is 6. The van der Waals surface area contributed by atoms with E-state index in [1.54, 1.807) is 0 Å². The van der Waals surface area contributed by atoms with E-state index in [1.165, 1.54) is 60.1 Å². The van der Waals surface area contributed by atoms with E-state index in [0.717, 1.165) is 0 Å². The Hall–Kier alpha value is -3.90. The normalized spacial score (nSPS) is 11.4. The number of aryl methyl sites for hydroxylation is 1. The predicted octanol–water partition coefficient (Wildman–Crippen LogP) is 8.79. The van der Waals surface area contributed by atoms with Crippen LogP contribution in [0.15, 0.2) is 115 Å². The van der Waals surface area contributed by atoms with Crippen molar-refractivity contribution in [1.82, 2.24) is 0 Å². The lowest BCUT2D eigenvalue weighted by molar-refractivity contribution is 1.57. The number of hydrogen-bond donors (Lipinski definition) is 0. The van der Waals surface area contributed by atoms with Gasteiger partial charge in [0.15, 0.2) is 0 Å². The van der Waals surface area contributed by atoms with E-state index < -0.39 is 0 Å². The highest BCUT2D eigenvalue weighted by atomic mass is 14.2. The fourth-order valence-electron chi connectivity index (χ4n) is 4.96. The first kappa shape index (κ1) is 17.9. The summed E-state index contributed by atoms with van der Waals surface area (Å²) in [6.45, 7) is 2.25. The van der Waals surface area contributed by atoms with Crippen LogP contribution in [-0.4, -0.2) is 0 Å². The molecule has 6 aromatic rings. The highest BCUT2D eigenvalue weighted by Gasteiger charge is 2.14. The van der Waals surface area contributed by atoms with Crippen molar-refractivity contribution in [3.8, 4) is 22.3 Å². The summed E-state index contributed by atoms with van der Waals surface area (Å²) in [6, 6.07) is 41.8. The molecule has 0 aliphatic carbocycles. The van der Waals surface area contributed by atoms with Crippen molar-refractivity contribution in [3.05, 3.63) is 121 Å². The second kappa shape index (κ2) is 7.11. The third kappa shape index (κ3) is 2.84. The molecule has 0 aromatic heterocycles. The van der Waals surface area contributed by atoms with Crippen molar-refractivity contribution >= 4 is 32.3 Å². The zero-order chi connectivity index (χ0) is 20.8. The Morgan fingerprint density at radius 1 is 0.419 bits per heavy atom. The second-order valence-corrected chi connectivity index (χ2v) is 8.20. The van der Waals surface area contributed by atoms with Gasteiger partial charge in [-0.1, -0.05) is 109 Å². The Bertz CT molecular complexity index is 1570. The Labute approximate surface area is 182 Å². The molecule has 0 heteroatoms. The minimum Gasteiger partial charge on any atom is -0.0622 e. The molecular formula is C31H22. The fraction of sp³-hybridized carbons (Fsp3) is 0.0323. The van der Waals surface area contributed by atoms with Crippen LogP contribution in [0.3, 0.4) is 0 Å². The largest absolute Gasteiger partial charge is 0.0622 e. The summed E-state index contributed by atoms with van der Waals surface area (Å²) < 4.78 is 0. The van der Waals surface area contributed by atoms with Crippen molar-refractivity contribution < 1.29 is 0 Å². The van der Waals surface area contributed by atoms with Gasteiger partial charge in [0.25, 0.3) is 0 Å². The molecule has 0 aliphatic rings. The average molecular weight is 395 g/mol. The molecule has 6 aromatic carbocycles. The first-order valence-electron chi connectivity index (χ1n) is 10.8. The van der Waals surface area contributed by atoms with E-state index in [0.29, 0.717) is 0 Å². The minimum absolute atomic E-state index is 1.26. The lowest BCUT2D eigenvalue weighted by Gasteiger charge is -2.17. The van der Waals surface area contributed by atoms with Crippen LogP contribution in [0.5, 0.6) is 0 Å². The van der Waals surface area contributed by atoms with Gasteiger partial charge in [0.05, 0.1) is 0 Å². The van der Waals surface area contributed by atoms with Crippen molar-refractivity contribution in [2.24, 2.45) is 0 Å². The SMILES string of the molecule is Cc1c2ccccc2c(-c2ccccc2)c2cc(-c3cccc4ccccc34)ccc12. The van der Waals surface area contributed by atoms with Crippen LogP contribution in [0, 0.1) is 6.92 Å². The first-order chi connectivity index (χ1) is 15.3. The van der Waals surface area contributed by atoms with E-state index >= 15 is 0 Å². The lowest BCUT2D eigenvalue weighted by atomic mass is 9.87. The summed E-state index contributed by atoms with van der Waals surface area (Å²) in [5, 5.41) is 7.84. The number of hydrogen-bond acceptors (Lipinski definition) is 0. The van der Waals surface area contributed by atoms with Crippen LogP contribution in [0.4, 0.5) is 0 Å². The maximum Gasteiger partial charge on any atom is -0.00264 e. The van der Waals surface area contributed by atoms with Gasteiger partial charge >= 0.3 is 0 Å². The van der Waals surface area contributed by atoms with Crippen LogP contribution >= 0.6 is 0 Å². The van der Waals surface area contributed by atoms with Gasteiger partial charge in [-0.05, 0) is 73.1 Å². The van der Waals surface area contributed by atoms with Gasteiger partial charge < -0.3 is 0 Å². The molecule has 0 atom stereocenters. The fourth-order valence-corrected chi connectivity index (χ4v) is 4.96. The standard InChI is InChI=1S/C31H22/c1-21-25-14-7-8-16-29(25)31(23-11-3-2-4-12-23)30-20-24(18-19-26(21)30)28-17-9-13-22-10-5-6-15-27(22)28/h2-20H,1H3. The average Bonchev–Trinajstić information content (AvgIpc) is 2.84. The topological polar surface area (TPSA) is 0 Å². The molecule has 6 rings (SSSR count). The van der Waals surface area contributed by atoms with Crippen LogP contribution in [0.2, 0.25) is 0 Å². The van der Waals surface area contributed by atoms with Gasteiger partial charge in [-0.2, -0.15) is 0 Å². The maximum atomic E-state index is 2.39. The van der Waals surface area contributed by atoms with Crippen LogP contribution in [0.25, 0.3) is 54.6 Å². The van der Waals surface area contributed by atoms with Crippen molar-refractivity contribution in [1.29, 1.82) is 0 Å². The Kier molecular flexibility index (Phi) is 4.11. The van der Waals surface area contributed by atoms with Crippen molar-refractivity contribution in [2.75, 3.05) is 0 Å². The number of rotatable bonds is 2. The zero-order valence-electron chi connectivity index (χ0n) is 17.5. The summed E-state index contributed by atoms with van der Waals surface area (Å²) in [6.07, 6.45) is 0. The van der Waals surface area contributed by atoms with Gasteiger partial charge in [-0.3, -0.25) is 0 Å². The third-order valence-electron chi connectivity index (χ3n) is 6.46. The van der Waals surface area contributed by atoms with E-state index in [-0.39, 0.29) is 0 Å². The van der Waals surface area contributed by atoms with Gasteiger partial charge in [0.2, 0.25) is 0 Å². The molecule has 0 saturated carbocycles. The van der Waals surface area contributed by atoms with Gasteiger partial charge in [0.1, 0.15) is 0 Å². The molecule has 0 unspecified atom stereocenters. The summed E-state index contributed by atoms with van der Waals surface area (Å²) in [4.78, 5) is 0. The smallest absolute Gasteiger partial charge is 0.00264 e. The molecular weight excluding hydrogens is 372 g/mol. The second-order valence-electron chi connectivity index (χ2n) is 8.20. The summed E-state index contributed by atoms with van der Waals surface area (Å²) in [5.41, 5.74) is 6.47.